The molecule has 0 spiro atoms. The molecule has 0 radical (unpaired) electrons. The minimum Gasteiger partial charge on any atom is -0.495 e. The zero-order chi connectivity index (χ0) is 18.4. The number of nitrogens with zero attached hydrogens (tertiary/aromatic N) is 2. The summed E-state index contributed by atoms with van der Waals surface area (Å²) in [4.78, 5) is 16.5. The van der Waals surface area contributed by atoms with E-state index in [-0.39, 0.29) is 6.03 Å². The molecule has 5 nitrogen and oxygen atoms in total. The highest BCUT2D eigenvalue weighted by Gasteiger charge is 2.22. The van der Waals surface area contributed by atoms with Gasteiger partial charge in [-0.2, -0.15) is 0 Å². The van der Waals surface area contributed by atoms with Crippen molar-refractivity contribution in [2.75, 3.05) is 44.7 Å². The van der Waals surface area contributed by atoms with Crippen molar-refractivity contribution in [2.24, 2.45) is 0 Å². The number of urea groups is 1. The molecule has 2 aromatic carbocycles. The zero-order valence-electron chi connectivity index (χ0n) is 15.0. The molecule has 1 saturated heterocycles. The van der Waals surface area contributed by atoms with Crippen molar-refractivity contribution >= 4 is 27.6 Å². The molecule has 0 saturated carbocycles. The SMILES string of the molecule is COc1ccccc1N1CCN(C(=O)NCCc2ccccc2Br)CC1. The van der Waals surface area contributed by atoms with Crippen LogP contribution in [0.4, 0.5) is 10.5 Å². The maximum atomic E-state index is 12.4. The van der Waals surface area contributed by atoms with Crippen LogP contribution < -0.4 is 15.0 Å². The number of halogens is 1. The second-order valence-corrected chi connectivity index (χ2v) is 7.07. The molecule has 6 heteroatoms. The molecule has 3 rings (SSSR count). The fourth-order valence-electron chi connectivity index (χ4n) is 3.16. The van der Waals surface area contributed by atoms with Crippen molar-refractivity contribution in [1.29, 1.82) is 0 Å². The lowest BCUT2D eigenvalue weighted by atomic mass is 10.1. The summed E-state index contributed by atoms with van der Waals surface area (Å²) < 4.78 is 6.52. The Morgan fingerprint density at radius 2 is 1.77 bits per heavy atom. The van der Waals surface area contributed by atoms with Crippen LogP contribution in [-0.4, -0.2) is 50.8 Å². The van der Waals surface area contributed by atoms with Crippen molar-refractivity contribution in [2.45, 2.75) is 6.42 Å². The van der Waals surface area contributed by atoms with Crippen molar-refractivity contribution in [3.8, 4) is 5.75 Å². The Hall–Kier alpha value is -2.21. The highest BCUT2D eigenvalue weighted by atomic mass is 79.9. The van der Waals surface area contributed by atoms with Crippen molar-refractivity contribution in [3.05, 3.63) is 58.6 Å². The molecule has 138 valence electrons. The molecule has 0 bridgehead atoms. The Kier molecular flexibility index (Phi) is 6.39. The molecule has 1 aliphatic rings. The average Bonchev–Trinajstić information content (AvgIpc) is 2.69. The van der Waals surface area contributed by atoms with Gasteiger partial charge in [-0.3, -0.25) is 0 Å². The third-order valence-corrected chi connectivity index (χ3v) is 5.39. The molecule has 0 aliphatic carbocycles. The Balaban J connectivity index is 1.47. The molecule has 26 heavy (non-hydrogen) atoms. The van der Waals surface area contributed by atoms with Gasteiger partial charge in [0.05, 0.1) is 12.8 Å². The first-order chi connectivity index (χ1) is 12.7. The monoisotopic (exact) mass is 417 g/mol. The molecular weight excluding hydrogens is 394 g/mol. The summed E-state index contributed by atoms with van der Waals surface area (Å²) in [6.07, 6.45) is 0.814. The first kappa shape index (κ1) is 18.6. The number of carbonyl (C=O) groups excluding carboxylic acids is 1. The van der Waals surface area contributed by atoms with E-state index in [0.29, 0.717) is 19.6 Å². The summed E-state index contributed by atoms with van der Waals surface area (Å²) in [5, 5.41) is 3.03. The minimum absolute atomic E-state index is 0.0109. The van der Waals surface area contributed by atoms with Crippen LogP contribution in [0.5, 0.6) is 5.75 Å². The summed E-state index contributed by atoms with van der Waals surface area (Å²) in [5.41, 5.74) is 2.29. The van der Waals surface area contributed by atoms with Gasteiger partial charge in [0.1, 0.15) is 5.75 Å². The highest BCUT2D eigenvalue weighted by molar-refractivity contribution is 9.10. The van der Waals surface area contributed by atoms with E-state index in [1.807, 2.05) is 41.3 Å². The summed E-state index contributed by atoms with van der Waals surface area (Å²) in [6.45, 7) is 3.65. The Bertz CT molecular complexity index is 745. The van der Waals surface area contributed by atoms with Gasteiger partial charge in [0.15, 0.2) is 0 Å². The predicted molar refractivity (Wildman–Crippen MR) is 108 cm³/mol. The maximum absolute atomic E-state index is 12.4. The number of rotatable bonds is 5. The number of amides is 2. The van der Waals surface area contributed by atoms with E-state index in [9.17, 15) is 4.79 Å². The number of piperazine rings is 1. The van der Waals surface area contributed by atoms with Crippen LogP contribution in [0.25, 0.3) is 0 Å². The van der Waals surface area contributed by atoms with Crippen LogP contribution >= 0.6 is 15.9 Å². The number of hydrogen-bond donors (Lipinski definition) is 1. The normalized spacial score (nSPS) is 14.2. The van der Waals surface area contributed by atoms with E-state index in [2.05, 4.69) is 38.3 Å². The number of nitrogens with one attached hydrogen (secondary N) is 1. The number of ether oxygens (including phenoxy) is 1. The van der Waals surface area contributed by atoms with Gasteiger partial charge in [0.2, 0.25) is 0 Å². The number of hydrogen-bond acceptors (Lipinski definition) is 3. The first-order valence-corrected chi connectivity index (χ1v) is 9.62. The first-order valence-electron chi connectivity index (χ1n) is 8.83. The Labute approximate surface area is 163 Å². The van der Waals surface area contributed by atoms with E-state index in [1.54, 1.807) is 7.11 Å². The average molecular weight is 418 g/mol. The second kappa shape index (κ2) is 8.94. The summed E-state index contributed by atoms with van der Waals surface area (Å²) in [6, 6.07) is 16.1. The van der Waals surface area contributed by atoms with E-state index < -0.39 is 0 Å². The molecule has 1 N–H and O–H groups in total. The summed E-state index contributed by atoms with van der Waals surface area (Å²) in [7, 11) is 1.69. The molecular formula is C20H24BrN3O2. The van der Waals surface area contributed by atoms with E-state index >= 15 is 0 Å². The van der Waals surface area contributed by atoms with Gasteiger partial charge in [-0.05, 0) is 30.2 Å². The molecule has 1 aliphatic heterocycles. The largest absolute Gasteiger partial charge is 0.495 e. The Morgan fingerprint density at radius 3 is 2.50 bits per heavy atom. The van der Waals surface area contributed by atoms with Gasteiger partial charge in [-0.1, -0.05) is 46.3 Å². The topological polar surface area (TPSA) is 44.8 Å². The molecule has 0 atom stereocenters. The van der Waals surface area contributed by atoms with Crippen molar-refractivity contribution in [3.63, 3.8) is 0 Å². The fraction of sp³-hybridized carbons (Fsp3) is 0.350. The van der Waals surface area contributed by atoms with Gasteiger partial charge in [0.25, 0.3) is 0 Å². The van der Waals surface area contributed by atoms with E-state index in [4.69, 9.17) is 4.74 Å². The lowest BCUT2D eigenvalue weighted by Crippen LogP contribution is -2.52. The standard InChI is InChI=1S/C20H24BrN3O2/c1-26-19-9-5-4-8-18(19)23-12-14-24(15-13-23)20(25)22-11-10-16-6-2-3-7-17(16)21/h2-9H,10-15H2,1H3,(H,22,25). The van der Waals surface area contributed by atoms with Crippen LogP contribution in [-0.2, 0) is 6.42 Å². The third kappa shape index (κ3) is 4.49. The Morgan fingerprint density at radius 1 is 1.08 bits per heavy atom. The molecule has 2 amide bonds. The summed E-state index contributed by atoms with van der Waals surface area (Å²) >= 11 is 3.54. The molecule has 2 aromatic rings. The smallest absolute Gasteiger partial charge is 0.317 e. The quantitative estimate of drug-likeness (QED) is 0.808. The number of carbonyl (C=O) groups is 1. The predicted octanol–water partition coefficient (Wildman–Crippen LogP) is 3.53. The fourth-order valence-corrected chi connectivity index (χ4v) is 3.64. The highest BCUT2D eigenvalue weighted by Crippen LogP contribution is 2.28. The minimum atomic E-state index is 0.0109. The molecule has 1 heterocycles. The van der Waals surface area contributed by atoms with Gasteiger partial charge in [-0.15, -0.1) is 0 Å². The molecule has 1 fully saturated rings. The van der Waals surface area contributed by atoms with Crippen LogP contribution in [0.15, 0.2) is 53.0 Å². The van der Waals surface area contributed by atoms with E-state index in [0.717, 1.165) is 35.4 Å². The van der Waals surface area contributed by atoms with Crippen molar-refractivity contribution in [1.82, 2.24) is 10.2 Å². The lowest BCUT2D eigenvalue weighted by molar-refractivity contribution is 0.194. The summed E-state index contributed by atoms with van der Waals surface area (Å²) in [5.74, 6) is 0.874. The van der Waals surface area contributed by atoms with Crippen LogP contribution in [0.1, 0.15) is 5.56 Å². The van der Waals surface area contributed by atoms with Crippen LogP contribution in [0.3, 0.4) is 0 Å². The lowest BCUT2D eigenvalue weighted by Gasteiger charge is -2.36. The number of anilines is 1. The van der Waals surface area contributed by atoms with E-state index in [1.165, 1.54) is 5.56 Å². The van der Waals surface area contributed by atoms with Gasteiger partial charge in [0, 0.05) is 37.2 Å². The second-order valence-electron chi connectivity index (χ2n) is 6.22. The maximum Gasteiger partial charge on any atom is 0.317 e. The zero-order valence-corrected chi connectivity index (χ0v) is 16.5. The van der Waals surface area contributed by atoms with Gasteiger partial charge < -0.3 is 19.9 Å². The van der Waals surface area contributed by atoms with Gasteiger partial charge >= 0.3 is 6.03 Å². The molecule has 0 unspecified atom stereocenters. The molecule has 0 aromatic heterocycles. The van der Waals surface area contributed by atoms with Crippen LogP contribution in [0.2, 0.25) is 0 Å². The number of para-hydroxylation sites is 2. The number of benzene rings is 2. The van der Waals surface area contributed by atoms with Crippen LogP contribution in [0, 0.1) is 0 Å². The van der Waals surface area contributed by atoms with Crippen molar-refractivity contribution < 1.29 is 9.53 Å². The number of methoxy groups -OCH3 is 1. The third-order valence-electron chi connectivity index (χ3n) is 4.62. The van der Waals surface area contributed by atoms with Gasteiger partial charge in [-0.25, -0.2) is 4.79 Å².